The number of carbonyl (C=O) groups is 1. The first kappa shape index (κ1) is 17.2. The third kappa shape index (κ3) is 4.69. The van der Waals surface area contributed by atoms with Gasteiger partial charge >= 0.3 is 6.03 Å². The second-order valence-electron chi connectivity index (χ2n) is 6.64. The molecule has 2 amide bonds. The number of fused-ring (bicyclic) bond motifs is 1. The van der Waals surface area contributed by atoms with E-state index < -0.39 is 0 Å². The molecule has 24 heavy (non-hydrogen) atoms. The SMILES string of the molecule is O=C(NCCc1ccccc1)N[C@H]1C[C@H]2CO[C@@H](CCO)CN2C1. The van der Waals surface area contributed by atoms with Crippen LogP contribution in [0.3, 0.4) is 0 Å². The minimum Gasteiger partial charge on any atom is -0.396 e. The molecule has 2 aliphatic rings. The number of hydrogen-bond donors (Lipinski definition) is 3. The summed E-state index contributed by atoms with van der Waals surface area (Å²) >= 11 is 0. The number of nitrogens with one attached hydrogen (secondary N) is 2. The number of urea groups is 1. The highest BCUT2D eigenvalue weighted by atomic mass is 16.5. The van der Waals surface area contributed by atoms with Crippen molar-refractivity contribution < 1.29 is 14.6 Å². The van der Waals surface area contributed by atoms with Crippen molar-refractivity contribution in [1.29, 1.82) is 0 Å². The van der Waals surface area contributed by atoms with Gasteiger partial charge in [0.1, 0.15) is 0 Å². The molecule has 0 unspecified atom stereocenters. The zero-order valence-corrected chi connectivity index (χ0v) is 14.0. The van der Waals surface area contributed by atoms with Crippen LogP contribution in [0.5, 0.6) is 0 Å². The Morgan fingerprint density at radius 2 is 2.12 bits per heavy atom. The van der Waals surface area contributed by atoms with Crippen LogP contribution in [0.2, 0.25) is 0 Å². The average molecular weight is 333 g/mol. The Bertz CT molecular complexity index is 526. The van der Waals surface area contributed by atoms with Gasteiger partial charge in [-0.3, -0.25) is 4.90 Å². The van der Waals surface area contributed by atoms with Crippen molar-refractivity contribution in [2.24, 2.45) is 0 Å². The fourth-order valence-electron chi connectivity index (χ4n) is 3.57. The van der Waals surface area contributed by atoms with Crippen LogP contribution >= 0.6 is 0 Å². The van der Waals surface area contributed by atoms with Crippen LogP contribution in [-0.2, 0) is 11.2 Å². The molecular formula is C18H27N3O3. The van der Waals surface area contributed by atoms with E-state index in [2.05, 4.69) is 27.7 Å². The summed E-state index contributed by atoms with van der Waals surface area (Å²) < 4.78 is 5.77. The van der Waals surface area contributed by atoms with Crippen molar-refractivity contribution in [2.45, 2.75) is 37.5 Å². The molecule has 0 saturated carbocycles. The van der Waals surface area contributed by atoms with Gasteiger partial charge in [0.2, 0.25) is 0 Å². The normalized spacial score (nSPS) is 26.8. The highest BCUT2D eigenvalue weighted by Gasteiger charge is 2.37. The maximum Gasteiger partial charge on any atom is 0.315 e. The lowest BCUT2D eigenvalue weighted by Gasteiger charge is -2.34. The van der Waals surface area contributed by atoms with Crippen LogP contribution in [0.25, 0.3) is 0 Å². The van der Waals surface area contributed by atoms with Crippen LogP contribution in [0.4, 0.5) is 4.79 Å². The molecular weight excluding hydrogens is 306 g/mol. The van der Waals surface area contributed by atoms with Crippen molar-refractivity contribution in [1.82, 2.24) is 15.5 Å². The minimum atomic E-state index is -0.0939. The summed E-state index contributed by atoms with van der Waals surface area (Å²) in [7, 11) is 0. The van der Waals surface area contributed by atoms with E-state index in [-0.39, 0.29) is 24.8 Å². The molecule has 3 N–H and O–H groups in total. The van der Waals surface area contributed by atoms with Gasteiger partial charge in [0.05, 0.1) is 12.7 Å². The van der Waals surface area contributed by atoms with Gasteiger partial charge < -0.3 is 20.5 Å². The number of nitrogens with zero attached hydrogens (tertiary/aromatic N) is 1. The molecule has 2 aliphatic heterocycles. The lowest BCUT2D eigenvalue weighted by Crippen LogP contribution is -2.47. The van der Waals surface area contributed by atoms with Crippen LogP contribution in [0, 0.1) is 0 Å². The Balaban J connectivity index is 1.37. The van der Waals surface area contributed by atoms with Gasteiger partial charge in [0.15, 0.2) is 0 Å². The third-order valence-electron chi connectivity index (χ3n) is 4.82. The first-order chi connectivity index (χ1) is 11.7. The Labute approximate surface area is 143 Å². The molecule has 2 fully saturated rings. The van der Waals surface area contributed by atoms with Crippen molar-refractivity contribution in [3.05, 3.63) is 35.9 Å². The summed E-state index contributed by atoms with van der Waals surface area (Å²) in [5, 5.41) is 15.0. The number of rotatable bonds is 6. The molecule has 2 heterocycles. The van der Waals surface area contributed by atoms with E-state index in [1.165, 1.54) is 5.56 Å². The molecule has 1 aromatic rings. The molecule has 0 aromatic heterocycles. The smallest absolute Gasteiger partial charge is 0.315 e. The summed E-state index contributed by atoms with van der Waals surface area (Å²) in [6, 6.07) is 10.6. The maximum absolute atomic E-state index is 12.1. The van der Waals surface area contributed by atoms with E-state index in [0.717, 1.165) is 25.9 Å². The summed E-state index contributed by atoms with van der Waals surface area (Å²) in [5.41, 5.74) is 1.22. The number of aliphatic hydroxyl groups is 1. The van der Waals surface area contributed by atoms with Gasteiger partial charge in [-0.25, -0.2) is 4.79 Å². The summed E-state index contributed by atoms with van der Waals surface area (Å²) in [6.45, 7) is 3.20. The molecule has 3 rings (SSSR count). The number of morpholine rings is 1. The second kappa shape index (κ2) is 8.46. The molecule has 2 saturated heterocycles. The van der Waals surface area contributed by atoms with Gasteiger partial charge in [-0.05, 0) is 24.8 Å². The number of carbonyl (C=O) groups excluding carboxylic acids is 1. The number of benzene rings is 1. The van der Waals surface area contributed by atoms with Gasteiger partial charge in [-0.1, -0.05) is 30.3 Å². The quantitative estimate of drug-likeness (QED) is 0.718. The molecule has 0 aliphatic carbocycles. The summed E-state index contributed by atoms with van der Waals surface area (Å²) in [6.07, 6.45) is 2.56. The summed E-state index contributed by atoms with van der Waals surface area (Å²) in [5.74, 6) is 0. The first-order valence-corrected chi connectivity index (χ1v) is 8.79. The molecule has 6 heteroatoms. The molecule has 6 nitrogen and oxygen atoms in total. The fourth-order valence-corrected chi connectivity index (χ4v) is 3.57. The summed E-state index contributed by atoms with van der Waals surface area (Å²) in [4.78, 5) is 14.4. The molecule has 0 spiro atoms. The number of ether oxygens (including phenoxy) is 1. The highest BCUT2D eigenvalue weighted by Crippen LogP contribution is 2.24. The zero-order chi connectivity index (χ0) is 16.8. The van der Waals surface area contributed by atoms with Crippen LogP contribution < -0.4 is 10.6 Å². The Morgan fingerprint density at radius 1 is 1.29 bits per heavy atom. The minimum absolute atomic E-state index is 0.0939. The van der Waals surface area contributed by atoms with E-state index in [1.807, 2.05) is 18.2 Å². The van der Waals surface area contributed by atoms with E-state index in [9.17, 15) is 4.79 Å². The lowest BCUT2D eigenvalue weighted by molar-refractivity contribution is -0.0566. The molecule has 0 radical (unpaired) electrons. The van der Waals surface area contributed by atoms with Crippen molar-refractivity contribution >= 4 is 6.03 Å². The van der Waals surface area contributed by atoms with Crippen molar-refractivity contribution in [3.8, 4) is 0 Å². The molecule has 0 bridgehead atoms. The first-order valence-electron chi connectivity index (χ1n) is 8.79. The van der Waals surface area contributed by atoms with Crippen molar-refractivity contribution in [2.75, 3.05) is 32.8 Å². The van der Waals surface area contributed by atoms with Crippen LogP contribution in [0.15, 0.2) is 30.3 Å². The fraction of sp³-hybridized carbons (Fsp3) is 0.611. The average Bonchev–Trinajstić information content (AvgIpc) is 2.97. The van der Waals surface area contributed by atoms with Gasteiger partial charge in [-0.2, -0.15) is 0 Å². The molecule has 3 atom stereocenters. The van der Waals surface area contributed by atoms with E-state index in [0.29, 0.717) is 25.6 Å². The monoisotopic (exact) mass is 333 g/mol. The van der Waals surface area contributed by atoms with Crippen molar-refractivity contribution in [3.63, 3.8) is 0 Å². The Morgan fingerprint density at radius 3 is 2.92 bits per heavy atom. The van der Waals surface area contributed by atoms with Gasteiger partial charge in [0.25, 0.3) is 0 Å². The van der Waals surface area contributed by atoms with Crippen LogP contribution in [0.1, 0.15) is 18.4 Å². The second-order valence-corrected chi connectivity index (χ2v) is 6.64. The standard InChI is InChI=1S/C18H27N3O3/c22-9-7-17-12-21-11-15(10-16(21)13-24-17)20-18(23)19-8-6-14-4-2-1-3-5-14/h1-5,15-17,22H,6-13H2,(H2,19,20,23)/t15-,16-,17-/m0/s1. The number of hydrogen-bond acceptors (Lipinski definition) is 4. The van der Waals surface area contributed by atoms with Crippen LogP contribution in [-0.4, -0.2) is 67.1 Å². The van der Waals surface area contributed by atoms with Gasteiger partial charge in [0, 0.05) is 38.3 Å². The Hall–Kier alpha value is -1.63. The van der Waals surface area contributed by atoms with Gasteiger partial charge in [-0.15, -0.1) is 0 Å². The number of amides is 2. The predicted molar refractivity (Wildman–Crippen MR) is 91.9 cm³/mol. The zero-order valence-electron chi connectivity index (χ0n) is 14.0. The highest BCUT2D eigenvalue weighted by molar-refractivity contribution is 5.74. The Kier molecular flexibility index (Phi) is 6.07. The molecule has 132 valence electrons. The lowest BCUT2D eigenvalue weighted by atomic mass is 10.1. The predicted octanol–water partition coefficient (Wildman–Crippen LogP) is 0.752. The maximum atomic E-state index is 12.1. The largest absolute Gasteiger partial charge is 0.396 e. The topological polar surface area (TPSA) is 73.8 Å². The van der Waals surface area contributed by atoms with E-state index in [4.69, 9.17) is 9.84 Å². The number of aliphatic hydroxyl groups excluding tert-OH is 1. The molecule has 1 aromatic carbocycles. The third-order valence-corrected chi connectivity index (χ3v) is 4.82. The van der Waals surface area contributed by atoms with E-state index >= 15 is 0 Å². The van der Waals surface area contributed by atoms with E-state index in [1.54, 1.807) is 0 Å².